The quantitative estimate of drug-likeness (QED) is 0.756. The smallest absolute Gasteiger partial charge is 0.282 e. The Balaban J connectivity index is 2.00. The van der Waals surface area contributed by atoms with Crippen molar-refractivity contribution in [3.05, 3.63) is 0 Å². The van der Waals surface area contributed by atoms with Gasteiger partial charge in [0.25, 0.3) is 10.2 Å². The molecule has 2 rings (SSSR count). The maximum absolute atomic E-state index is 12.4. The zero-order valence-corrected chi connectivity index (χ0v) is 13.4. The molecule has 0 aromatic heterocycles. The van der Waals surface area contributed by atoms with Crippen molar-refractivity contribution in [2.24, 2.45) is 0 Å². The number of rotatable bonds is 6. The summed E-state index contributed by atoms with van der Waals surface area (Å²) in [5.74, 6) is 0. The van der Waals surface area contributed by atoms with E-state index in [-0.39, 0.29) is 6.54 Å². The standard InChI is InChI=1S/C13H27N3O3S/c1-3-15(4-2)20(18,19)16-10-7-13(17,12-16)11-14-8-5-6-9-14/h17H,3-12H2,1-2H3/t13-/m0/s1. The van der Waals surface area contributed by atoms with E-state index in [4.69, 9.17) is 0 Å². The average molecular weight is 305 g/mol. The Hall–Kier alpha value is -0.210. The first kappa shape index (κ1) is 16.2. The van der Waals surface area contributed by atoms with E-state index in [1.54, 1.807) is 0 Å². The van der Waals surface area contributed by atoms with Crippen LogP contribution in [0.1, 0.15) is 33.1 Å². The van der Waals surface area contributed by atoms with Crippen LogP contribution in [0.15, 0.2) is 0 Å². The van der Waals surface area contributed by atoms with E-state index in [1.807, 2.05) is 13.8 Å². The monoisotopic (exact) mass is 305 g/mol. The molecule has 20 heavy (non-hydrogen) atoms. The van der Waals surface area contributed by atoms with Crippen LogP contribution in [-0.4, -0.2) is 78.4 Å². The zero-order valence-electron chi connectivity index (χ0n) is 12.6. The van der Waals surface area contributed by atoms with Crippen molar-refractivity contribution in [2.75, 3.05) is 45.8 Å². The third-order valence-electron chi connectivity index (χ3n) is 4.37. The van der Waals surface area contributed by atoms with Gasteiger partial charge in [-0.15, -0.1) is 0 Å². The molecule has 0 amide bonds. The summed E-state index contributed by atoms with van der Waals surface area (Å²) >= 11 is 0. The number of likely N-dealkylation sites (tertiary alicyclic amines) is 1. The van der Waals surface area contributed by atoms with Crippen molar-refractivity contribution in [3.63, 3.8) is 0 Å². The first-order valence-corrected chi connectivity index (χ1v) is 9.01. The summed E-state index contributed by atoms with van der Waals surface area (Å²) in [4.78, 5) is 2.24. The minimum absolute atomic E-state index is 0.225. The molecule has 7 heteroatoms. The highest BCUT2D eigenvalue weighted by molar-refractivity contribution is 7.86. The zero-order chi connectivity index (χ0) is 14.8. The lowest BCUT2D eigenvalue weighted by atomic mass is 10.0. The molecule has 2 aliphatic heterocycles. The largest absolute Gasteiger partial charge is 0.387 e. The Bertz CT molecular complexity index is 419. The summed E-state index contributed by atoms with van der Waals surface area (Å²) in [6, 6.07) is 0. The van der Waals surface area contributed by atoms with Gasteiger partial charge >= 0.3 is 0 Å². The lowest BCUT2D eigenvalue weighted by molar-refractivity contribution is 0.0229. The Morgan fingerprint density at radius 1 is 1.15 bits per heavy atom. The molecule has 0 radical (unpaired) electrons. The minimum atomic E-state index is -3.42. The number of β-amino-alcohol motifs (C(OH)–C–C–N with tert-alkyl or cyclic N) is 1. The van der Waals surface area contributed by atoms with E-state index in [0.717, 1.165) is 13.1 Å². The van der Waals surface area contributed by atoms with Crippen LogP contribution >= 0.6 is 0 Å². The summed E-state index contributed by atoms with van der Waals surface area (Å²) in [5.41, 5.74) is -0.884. The third kappa shape index (κ3) is 3.33. The van der Waals surface area contributed by atoms with E-state index in [2.05, 4.69) is 4.90 Å². The van der Waals surface area contributed by atoms with Gasteiger partial charge in [0.2, 0.25) is 0 Å². The average Bonchev–Trinajstić information content (AvgIpc) is 3.01. The van der Waals surface area contributed by atoms with Crippen molar-refractivity contribution < 1.29 is 13.5 Å². The van der Waals surface area contributed by atoms with Crippen molar-refractivity contribution in [1.82, 2.24) is 13.5 Å². The SMILES string of the molecule is CCN(CC)S(=O)(=O)N1CC[C@](O)(CN2CCCC2)C1. The second kappa shape index (κ2) is 6.27. The van der Waals surface area contributed by atoms with Crippen LogP contribution in [0.3, 0.4) is 0 Å². The summed E-state index contributed by atoms with van der Waals surface area (Å²) in [5, 5.41) is 10.6. The minimum Gasteiger partial charge on any atom is -0.387 e. The van der Waals surface area contributed by atoms with E-state index in [0.29, 0.717) is 32.6 Å². The van der Waals surface area contributed by atoms with Gasteiger partial charge in [-0.2, -0.15) is 17.0 Å². The number of nitrogens with zero attached hydrogens (tertiary/aromatic N) is 3. The molecule has 2 saturated heterocycles. The van der Waals surface area contributed by atoms with Crippen LogP contribution in [-0.2, 0) is 10.2 Å². The highest BCUT2D eigenvalue weighted by atomic mass is 32.2. The van der Waals surface area contributed by atoms with Gasteiger partial charge in [-0.1, -0.05) is 13.8 Å². The first-order chi connectivity index (χ1) is 9.41. The van der Waals surface area contributed by atoms with Gasteiger partial charge in [0, 0.05) is 32.7 Å². The summed E-state index contributed by atoms with van der Waals surface area (Å²) in [6.07, 6.45) is 2.89. The molecule has 2 fully saturated rings. The molecule has 118 valence electrons. The summed E-state index contributed by atoms with van der Waals surface area (Å²) < 4.78 is 27.8. The third-order valence-corrected chi connectivity index (χ3v) is 6.51. The Kier molecular flexibility index (Phi) is 5.07. The Labute approximate surface area is 122 Å². The molecule has 0 aliphatic carbocycles. The second-order valence-corrected chi connectivity index (χ2v) is 7.81. The second-order valence-electron chi connectivity index (χ2n) is 5.88. The van der Waals surface area contributed by atoms with Crippen LogP contribution < -0.4 is 0 Å². The molecule has 0 aromatic rings. The Morgan fingerprint density at radius 2 is 1.75 bits per heavy atom. The summed E-state index contributed by atoms with van der Waals surface area (Å²) in [7, 11) is -3.42. The van der Waals surface area contributed by atoms with Crippen LogP contribution in [0.5, 0.6) is 0 Å². The lowest BCUT2D eigenvalue weighted by Crippen LogP contribution is -2.47. The van der Waals surface area contributed by atoms with Gasteiger partial charge in [-0.25, -0.2) is 0 Å². The van der Waals surface area contributed by atoms with E-state index in [1.165, 1.54) is 21.5 Å². The topological polar surface area (TPSA) is 64.1 Å². The molecular formula is C13H27N3O3S. The van der Waals surface area contributed by atoms with Crippen molar-refractivity contribution >= 4 is 10.2 Å². The molecule has 0 aromatic carbocycles. The van der Waals surface area contributed by atoms with Gasteiger partial charge in [-0.3, -0.25) is 0 Å². The predicted octanol–water partition coefficient (Wildman–Crippen LogP) is 0.106. The molecule has 0 spiro atoms. The van der Waals surface area contributed by atoms with Gasteiger partial charge < -0.3 is 10.0 Å². The van der Waals surface area contributed by atoms with Crippen LogP contribution in [0, 0.1) is 0 Å². The van der Waals surface area contributed by atoms with E-state index in [9.17, 15) is 13.5 Å². The maximum atomic E-state index is 12.4. The highest BCUT2D eigenvalue weighted by Crippen LogP contribution is 2.27. The molecule has 2 aliphatic rings. The molecule has 1 atom stereocenters. The van der Waals surface area contributed by atoms with E-state index < -0.39 is 15.8 Å². The highest BCUT2D eigenvalue weighted by Gasteiger charge is 2.43. The fraction of sp³-hybridized carbons (Fsp3) is 1.00. The normalized spacial score (nSPS) is 29.6. The Morgan fingerprint density at radius 3 is 2.30 bits per heavy atom. The van der Waals surface area contributed by atoms with Crippen LogP contribution in [0.2, 0.25) is 0 Å². The number of hydrogen-bond acceptors (Lipinski definition) is 4. The van der Waals surface area contributed by atoms with Crippen molar-refractivity contribution in [2.45, 2.75) is 38.7 Å². The van der Waals surface area contributed by atoms with Crippen molar-refractivity contribution in [1.29, 1.82) is 0 Å². The molecule has 0 unspecified atom stereocenters. The number of hydrogen-bond donors (Lipinski definition) is 1. The van der Waals surface area contributed by atoms with Crippen molar-refractivity contribution in [3.8, 4) is 0 Å². The lowest BCUT2D eigenvalue weighted by Gasteiger charge is -2.30. The molecule has 6 nitrogen and oxygen atoms in total. The molecule has 0 saturated carbocycles. The molecule has 2 heterocycles. The van der Waals surface area contributed by atoms with Gasteiger partial charge in [0.15, 0.2) is 0 Å². The van der Waals surface area contributed by atoms with Gasteiger partial charge in [-0.05, 0) is 32.4 Å². The fourth-order valence-corrected chi connectivity index (χ4v) is 4.92. The molecule has 1 N–H and O–H groups in total. The van der Waals surface area contributed by atoms with Crippen LogP contribution in [0.25, 0.3) is 0 Å². The molecular weight excluding hydrogens is 278 g/mol. The first-order valence-electron chi connectivity index (χ1n) is 7.61. The fourth-order valence-electron chi connectivity index (χ4n) is 3.22. The van der Waals surface area contributed by atoms with Gasteiger partial charge in [0.05, 0.1) is 5.60 Å². The molecule has 0 bridgehead atoms. The van der Waals surface area contributed by atoms with E-state index >= 15 is 0 Å². The maximum Gasteiger partial charge on any atom is 0.282 e. The number of aliphatic hydroxyl groups is 1. The predicted molar refractivity (Wildman–Crippen MR) is 78.7 cm³/mol. The van der Waals surface area contributed by atoms with Crippen LogP contribution in [0.4, 0.5) is 0 Å². The summed E-state index contributed by atoms with van der Waals surface area (Å²) in [6.45, 7) is 7.90. The van der Waals surface area contributed by atoms with Gasteiger partial charge in [0.1, 0.15) is 0 Å².